The van der Waals surface area contributed by atoms with Gasteiger partial charge >= 0.3 is 5.97 Å². The molecule has 0 aliphatic rings. The summed E-state index contributed by atoms with van der Waals surface area (Å²) in [5, 5.41) is 11.9. The fourth-order valence-electron chi connectivity index (χ4n) is 1.25. The highest BCUT2D eigenvalue weighted by Gasteiger charge is 2.27. The van der Waals surface area contributed by atoms with Gasteiger partial charge in [0.15, 0.2) is 0 Å². The van der Waals surface area contributed by atoms with E-state index in [2.05, 4.69) is 29.1 Å². The van der Waals surface area contributed by atoms with E-state index >= 15 is 0 Å². The summed E-state index contributed by atoms with van der Waals surface area (Å²) >= 11 is 0. The zero-order chi connectivity index (χ0) is 13.9. The summed E-state index contributed by atoms with van der Waals surface area (Å²) in [4.78, 5) is 21.2. The number of nitrogens with zero attached hydrogens (tertiary/aromatic N) is 3. The van der Waals surface area contributed by atoms with Crippen LogP contribution in [0.4, 0.5) is 11.6 Å². The number of aliphatic carboxylic acids is 1. The quantitative estimate of drug-likeness (QED) is 0.828. The standard InChI is InChI=1S/C12H20N4O2/c1-8(2)16(5)10-6-9(13-7-14-10)15-12(3,4)11(17)18/h6-8H,1-5H3,(H,17,18)(H,13,14,15). The maximum atomic E-state index is 11.0. The summed E-state index contributed by atoms with van der Waals surface area (Å²) in [7, 11) is 1.93. The smallest absolute Gasteiger partial charge is 0.328 e. The molecule has 0 aromatic carbocycles. The molecule has 0 amide bonds. The fourth-order valence-corrected chi connectivity index (χ4v) is 1.25. The van der Waals surface area contributed by atoms with Crippen LogP contribution in [0.5, 0.6) is 0 Å². The fraction of sp³-hybridized carbons (Fsp3) is 0.583. The maximum absolute atomic E-state index is 11.0. The van der Waals surface area contributed by atoms with Crippen molar-refractivity contribution in [2.45, 2.75) is 39.3 Å². The monoisotopic (exact) mass is 252 g/mol. The van der Waals surface area contributed by atoms with Crippen LogP contribution in [-0.2, 0) is 4.79 Å². The lowest BCUT2D eigenvalue weighted by Gasteiger charge is -2.25. The Bertz CT molecular complexity index is 432. The lowest BCUT2D eigenvalue weighted by molar-refractivity contribution is -0.141. The van der Waals surface area contributed by atoms with E-state index < -0.39 is 11.5 Å². The number of carboxylic acids is 1. The Balaban J connectivity index is 2.93. The van der Waals surface area contributed by atoms with Gasteiger partial charge in [0, 0.05) is 19.2 Å². The lowest BCUT2D eigenvalue weighted by Crippen LogP contribution is -2.40. The highest BCUT2D eigenvalue weighted by Crippen LogP contribution is 2.18. The third kappa shape index (κ3) is 3.32. The van der Waals surface area contributed by atoms with Crippen molar-refractivity contribution >= 4 is 17.6 Å². The van der Waals surface area contributed by atoms with Crippen LogP contribution >= 0.6 is 0 Å². The van der Waals surface area contributed by atoms with E-state index in [0.29, 0.717) is 11.9 Å². The minimum atomic E-state index is -1.07. The molecule has 0 saturated heterocycles. The van der Waals surface area contributed by atoms with Crippen molar-refractivity contribution in [3.05, 3.63) is 12.4 Å². The molecule has 1 aromatic rings. The Morgan fingerprint density at radius 2 is 2.06 bits per heavy atom. The molecule has 18 heavy (non-hydrogen) atoms. The van der Waals surface area contributed by atoms with Gasteiger partial charge in [-0.15, -0.1) is 0 Å². The minimum Gasteiger partial charge on any atom is -0.480 e. The van der Waals surface area contributed by atoms with Gasteiger partial charge in [0.05, 0.1) is 0 Å². The number of anilines is 2. The van der Waals surface area contributed by atoms with Crippen molar-refractivity contribution in [1.82, 2.24) is 9.97 Å². The molecule has 0 spiro atoms. The number of rotatable bonds is 5. The Morgan fingerprint density at radius 3 is 2.56 bits per heavy atom. The average molecular weight is 252 g/mol. The molecule has 100 valence electrons. The molecule has 0 aliphatic carbocycles. The van der Waals surface area contributed by atoms with E-state index in [-0.39, 0.29) is 0 Å². The van der Waals surface area contributed by atoms with Gasteiger partial charge in [-0.2, -0.15) is 0 Å². The molecule has 0 fully saturated rings. The maximum Gasteiger partial charge on any atom is 0.328 e. The first-order chi connectivity index (χ1) is 8.24. The molecular formula is C12H20N4O2. The van der Waals surface area contributed by atoms with E-state index in [0.717, 1.165) is 5.82 Å². The van der Waals surface area contributed by atoms with Gasteiger partial charge in [0.2, 0.25) is 0 Å². The summed E-state index contributed by atoms with van der Waals surface area (Å²) in [5.41, 5.74) is -1.07. The van der Waals surface area contributed by atoms with Crippen molar-refractivity contribution in [1.29, 1.82) is 0 Å². The summed E-state index contributed by atoms with van der Waals surface area (Å²) in [6.45, 7) is 7.28. The van der Waals surface area contributed by atoms with Gasteiger partial charge in [0.25, 0.3) is 0 Å². The van der Waals surface area contributed by atoms with E-state index in [1.54, 1.807) is 19.9 Å². The zero-order valence-electron chi connectivity index (χ0n) is 11.4. The first-order valence-corrected chi connectivity index (χ1v) is 5.80. The van der Waals surface area contributed by atoms with Gasteiger partial charge in [-0.25, -0.2) is 14.8 Å². The topological polar surface area (TPSA) is 78.4 Å². The summed E-state index contributed by atoms with van der Waals surface area (Å²) in [5.74, 6) is 0.323. The van der Waals surface area contributed by atoms with E-state index in [1.165, 1.54) is 6.33 Å². The Kier molecular flexibility index (Phi) is 4.11. The highest BCUT2D eigenvalue weighted by molar-refractivity contribution is 5.81. The second-order valence-electron chi connectivity index (χ2n) is 5.02. The SMILES string of the molecule is CC(C)N(C)c1cc(NC(C)(C)C(=O)O)ncn1. The molecule has 0 saturated carbocycles. The van der Waals surface area contributed by atoms with Crippen LogP contribution in [0, 0.1) is 0 Å². The summed E-state index contributed by atoms with van der Waals surface area (Å²) in [6.07, 6.45) is 1.43. The van der Waals surface area contributed by atoms with Crippen LogP contribution < -0.4 is 10.2 Å². The molecule has 0 unspecified atom stereocenters. The van der Waals surface area contributed by atoms with Crippen LogP contribution in [0.1, 0.15) is 27.7 Å². The number of hydrogen-bond donors (Lipinski definition) is 2. The van der Waals surface area contributed by atoms with Gasteiger partial charge < -0.3 is 15.3 Å². The first-order valence-electron chi connectivity index (χ1n) is 5.80. The lowest BCUT2D eigenvalue weighted by atomic mass is 10.1. The van der Waals surface area contributed by atoms with Crippen LogP contribution in [0.2, 0.25) is 0 Å². The molecule has 0 atom stereocenters. The number of hydrogen-bond acceptors (Lipinski definition) is 5. The molecule has 1 aromatic heterocycles. The molecule has 0 radical (unpaired) electrons. The Hall–Kier alpha value is -1.85. The van der Waals surface area contributed by atoms with Crippen molar-refractivity contribution in [3.63, 3.8) is 0 Å². The minimum absolute atomic E-state index is 0.306. The summed E-state index contributed by atoms with van der Waals surface area (Å²) < 4.78 is 0. The molecular weight excluding hydrogens is 232 g/mol. The molecule has 6 nitrogen and oxygen atoms in total. The number of nitrogens with one attached hydrogen (secondary N) is 1. The predicted octanol–water partition coefficient (Wildman–Crippen LogP) is 1.60. The van der Waals surface area contributed by atoms with Gasteiger partial charge in [-0.1, -0.05) is 0 Å². The average Bonchev–Trinajstić information content (AvgIpc) is 2.27. The molecule has 1 heterocycles. The number of carboxylic acid groups (broad SMARTS) is 1. The summed E-state index contributed by atoms with van der Waals surface area (Å²) in [6, 6.07) is 2.05. The molecule has 0 aliphatic heterocycles. The van der Waals surface area contributed by atoms with Crippen molar-refractivity contribution in [2.75, 3.05) is 17.3 Å². The first kappa shape index (κ1) is 14.2. The number of aromatic nitrogens is 2. The normalized spacial score (nSPS) is 11.4. The van der Waals surface area contributed by atoms with Gasteiger partial charge in [-0.05, 0) is 27.7 Å². The van der Waals surface area contributed by atoms with Crippen molar-refractivity contribution in [2.24, 2.45) is 0 Å². The number of carbonyl (C=O) groups is 1. The van der Waals surface area contributed by atoms with Crippen LogP contribution in [0.15, 0.2) is 12.4 Å². The Labute approximate surface area is 107 Å². The third-order valence-electron chi connectivity index (χ3n) is 2.76. The van der Waals surface area contributed by atoms with Crippen molar-refractivity contribution in [3.8, 4) is 0 Å². The zero-order valence-corrected chi connectivity index (χ0v) is 11.4. The van der Waals surface area contributed by atoms with Gasteiger partial charge in [-0.3, -0.25) is 0 Å². The second-order valence-corrected chi connectivity index (χ2v) is 5.02. The Morgan fingerprint density at radius 1 is 1.44 bits per heavy atom. The van der Waals surface area contributed by atoms with Crippen LogP contribution in [0.3, 0.4) is 0 Å². The second kappa shape index (κ2) is 5.20. The van der Waals surface area contributed by atoms with Crippen LogP contribution in [0.25, 0.3) is 0 Å². The molecule has 2 N–H and O–H groups in total. The van der Waals surface area contributed by atoms with Crippen LogP contribution in [-0.4, -0.2) is 39.7 Å². The predicted molar refractivity (Wildman–Crippen MR) is 70.9 cm³/mol. The van der Waals surface area contributed by atoms with Gasteiger partial charge in [0.1, 0.15) is 23.5 Å². The highest BCUT2D eigenvalue weighted by atomic mass is 16.4. The molecule has 1 rings (SSSR count). The largest absolute Gasteiger partial charge is 0.480 e. The van der Waals surface area contributed by atoms with E-state index in [1.807, 2.05) is 11.9 Å². The molecule has 6 heteroatoms. The van der Waals surface area contributed by atoms with E-state index in [9.17, 15) is 4.79 Å². The van der Waals surface area contributed by atoms with Crippen molar-refractivity contribution < 1.29 is 9.90 Å². The molecule has 0 bridgehead atoms. The third-order valence-corrected chi connectivity index (χ3v) is 2.76. The van der Waals surface area contributed by atoms with E-state index in [4.69, 9.17) is 5.11 Å².